The molecule has 0 bridgehead atoms. The second kappa shape index (κ2) is 7.08. The lowest BCUT2D eigenvalue weighted by atomic mass is 10.2. The summed E-state index contributed by atoms with van der Waals surface area (Å²) in [6.45, 7) is 0. The minimum absolute atomic E-state index is 0.284. The largest absolute Gasteiger partial charge is 0.481 e. The maximum Gasteiger partial charge on any atom is 0.333 e. The molecule has 9 heteroatoms. The van der Waals surface area contributed by atoms with Gasteiger partial charge in [-0.05, 0) is 18.2 Å². The number of nitrogens with one attached hydrogen (secondary N) is 1. The number of aromatic nitrogens is 4. The van der Waals surface area contributed by atoms with Crippen LogP contribution in [0.1, 0.15) is 0 Å². The van der Waals surface area contributed by atoms with Gasteiger partial charge in [0.05, 0.1) is 24.5 Å². The van der Waals surface area contributed by atoms with Crippen LogP contribution in [0.4, 0.5) is 0 Å². The Morgan fingerprint density at radius 2 is 1.97 bits per heavy atom. The van der Waals surface area contributed by atoms with Crippen LogP contribution in [-0.2, 0) is 0 Å². The van der Waals surface area contributed by atoms with Crippen molar-refractivity contribution in [1.29, 1.82) is 0 Å². The van der Waals surface area contributed by atoms with Crippen LogP contribution in [0.25, 0.3) is 37.2 Å². The fourth-order valence-corrected chi connectivity index (χ4v) is 4.68. The Balaban J connectivity index is 1.79. The second-order valence-electron chi connectivity index (χ2n) is 6.49. The summed E-state index contributed by atoms with van der Waals surface area (Å²) in [5, 5.41) is 1.25. The van der Waals surface area contributed by atoms with E-state index in [1.807, 2.05) is 18.2 Å². The number of aromatic amines is 1. The van der Waals surface area contributed by atoms with Gasteiger partial charge in [-0.3, -0.25) is 9.78 Å². The van der Waals surface area contributed by atoms with Gasteiger partial charge in [0, 0.05) is 33.1 Å². The van der Waals surface area contributed by atoms with Crippen LogP contribution in [0.5, 0.6) is 5.88 Å². The van der Waals surface area contributed by atoms with Gasteiger partial charge in [0.15, 0.2) is 0 Å². The zero-order valence-electron chi connectivity index (χ0n) is 15.5. The minimum Gasteiger partial charge on any atom is -0.481 e. The number of ether oxygens (including phenoxy) is 1. The number of rotatable bonds is 3. The van der Waals surface area contributed by atoms with Crippen molar-refractivity contribution in [2.45, 2.75) is 0 Å². The Bertz CT molecular complexity index is 1550. The smallest absolute Gasteiger partial charge is 0.333 e. The predicted octanol–water partition coefficient (Wildman–Crippen LogP) is 4.01. The summed E-state index contributed by atoms with van der Waals surface area (Å²) in [5.41, 5.74) is 0.961. The van der Waals surface area contributed by atoms with E-state index in [9.17, 15) is 9.59 Å². The summed E-state index contributed by atoms with van der Waals surface area (Å²) in [7, 11) is 1.50. The van der Waals surface area contributed by atoms with E-state index in [1.54, 1.807) is 30.5 Å². The number of hydrogen-bond donors (Lipinski definition) is 1. The number of thiophene rings is 1. The van der Waals surface area contributed by atoms with Gasteiger partial charge in [0.25, 0.3) is 5.56 Å². The molecule has 5 aromatic rings. The first-order valence-electron chi connectivity index (χ1n) is 8.90. The predicted molar refractivity (Wildman–Crippen MR) is 118 cm³/mol. The van der Waals surface area contributed by atoms with Gasteiger partial charge in [-0.25, -0.2) is 14.3 Å². The molecule has 1 aromatic carbocycles. The fraction of sp³-hybridized carbons (Fsp3) is 0.0476. The first kappa shape index (κ1) is 18.5. The van der Waals surface area contributed by atoms with Crippen molar-refractivity contribution >= 4 is 44.1 Å². The van der Waals surface area contributed by atoms with Crippen LogP contribution in [0.15, 0.2) is 64.4 Å². The Labute approximate surface area is 178 Å². The van der Waals surface area contributed by atoms with Crippen LogP contribution in [0, 0.1) is 0 Å². The quantitative estimate of drug-likeness (QED) is 0.461. The molecule has 0 aliphatic heterocycles. The van der Waals surface area contributed by atoms with Crippen LogP contribution in [0.2, 0.25) is 5.02 Å². The molecule has 0 saturated heterocycles. The number of fused-ring (bicyclic) bond motifs is 2. The van der Waals surface area contributed by atoms with E-state index in [2.05, 4.69) is 15.0 Å². The molecule has 4 heterocycles. The van der Waals surface area contributed by atoms with Crippen LogP contribution in [0.3, 0.4) is 0 Å². The van der Waals surface area contributed by atoms with Crippen molar-refractivity contribution in [1.82, 2.24) is 19.5 Å². The van der Waals surface area contributed by atoms with Crippen molar-refractivity contribution in [3.63, 3.8) is 0 Å². The van der Waals surface area contributed by atoms with Crippen molar-refractivity contribution in [2.24, 2.45) is 0 Å². The number of H-pyrrole nitrogens is 1. The molecule has 0 aliphatic rings. The SMILES string of the molecule is COc1ccc2cncc(-n3c(=O)[nH]c4cc(-c5ccccc5Cl)sc4c3=O)c2n1. The Morgan fingerprint density at radius 1 is 1.13 bits per heavy atom. The normalized spacial score (nSPS) is 11.3. The van der Waals surface area contributed by atoms with E-state index in [-0.39, 0.29) is 5.69 Å². The fourth-order valence-electron chi connectivity index (χ4n) is 3.31. The lowest BCUT2D eigenvalue weighted by Gasteiger charge is -2.08. The summed E-state index contributed by atoms with van der Waals surface area (Å²) in [6, 6.07) is 12.6. The molecule has 7 nitrogen and oxygen atoms in total. The van der Waals surface area contributed by atoms with Gasteiger partial charge in [-0.15, -0.1) is 11.3 Å². The topological polar surface area (TPSA) is 89.9 Å². The van der Waals surface area contributed by atoms with E-state index in [0.717, 1.165) is 15.0 Å². The third-order valence-electron chi connectivity index (χ3n) is 4.72. The highest BCUT2D eigenvalue weighted by molar-refractivity contribution is 7.22. The molecule has 30 heavy (non-hydrogen) atoms. The Hall–Kier alpha value is -3.49. The van der Waals surface area contributed by atoms with Crippen LogP contribution in [-0.4, -0.2) is 26.6 Å². The molecule has 0 amide bonds. The summed E-state index contributed by atoms with van der Waals surface area (Å²) in [5.74, 6) is 0.373. The molecule has 0 radical (unpaired) electrons. The van der Waals surface area contributed by atoms with E-state index >= 15 is 0 Å². The van der Waals surface area contributed by atoms with Crippen LogP contribution >= 0.6 is 22.9 Å². The number of methoxy groups -OCH3 is 1. The highest BCUT2D eigenvalue weighted by atomic mass is 35.5. The molecule has 0 spiro atoms. The van der Waals surface area contributed by atoms with Crippen molar-refractivity contribution in [3.8, 4) is 22.0 Å². The molecule has 0 unspecified atom stereocenters. The first-order chi connectivity index (χ1) is 14.6. The average molecular weight is 437 g/mol. The molecule has 1 N–H and O–H groups in total. The van der Waals surface area contributed by atoms with Gasteiger partial charge in [0.2, 0.25) is 5.88 Å². The highest BCUT2D eigenvalue weighted by Crippen LogP contribution is 2.35. The standard InChI is InChI=1S/C21H13ClN4O3S/c1-29-17-7-6-11-9-23-10-15(18(11)25-17)26-20(27)19-14(24-21(26)28)8-16(30-19)12-4-2-3-5-13(12)22/h2-10H,1H3,(H,24,28). The van der Waals surface area contributed by atoms with E-state index in [0.29, 0.717) is 32.0 Å². The minimum atomic E-state index is -0.574. The maximum atomic E-state index is 13.3. The monoisotopic (exact) mass is 436 g/mol. The van der Waals surface area contributed by atoms with Crippen molar-refractivity contribution in [2.75, 3.05) is 7.11 Å². The second-order valence-corrected chi connectivity index (χ2v) is 7.95. The van der Waals surface area contributed by atoms with Gasteiger partial charge in [0.1, 0.15) is 10.2 Å². The molecule has 0 atom stereocenters. The maximum absolute atomic E-state index is 13.3. The van der Waals surface area contributed by atoms with Gasteiger partial charge < -0.3 is 9.72 Å². The summed E-state index contributed by atoms with van der Waals surface area (Å²) >= 11 is 7.57. The molecular weight excluding hydrogens is 424 g/mol. The summed E-state index contributed by atoms with van der Waals surface area (Å²) in [4.78, 5) is 38.3. The summed E-state index contributed by atoms with van der Waals surface area (Å²) in [6.07, 6.45) is 3.06. The van der Waals surface area contributed by atoms with E-state index < -0.39 is 11.2 Å². The van der Waals surface area contributed by atoms with Gasteiger partial charge in [-0.1, -0.05) is 29.8 Å². The van der Waals surface area contributed by atoms with Gasteiger partial charge >= 0.3 is 5.69 Å². The summed E-state index contributed by atoms with van der Waals surface area (Å²) < 4.78 is 6.65. The molecule has 4 aromatic heterocycles. The molecule has 148 valence electrons. The average Bonchev–Trinajstić information content (AvgIpc) is 3.18. The zero-order valence-corrected chi connectivity index (χ0v) is 17.1. The highest BCUT2D eigenvalue weighted by Gasteiger charge is 2.17. The number of benzene rings is 1. The van der Waals surface area contributed by atoms with Crippen LogP contribution < -0.4 is 16.0 Å². The zero-order chi connectivity index (χ0) is 20.8. The molecular formula is C21H13ClN4O3S. The molecule has 0 fully saturated rings. The Kier molecular flexibility index (Phi) is 4.38. The number of nitrogens with zero attached hydrogens (tertiary/aromatic N) is 3. The lowest BCUT2D eigenvalue weighted by molar-refractivity contribution is 0.399. The van der Waals surface area contributed by atoms with Gasteiger partial charge in [-0.2, -0.15) is 0 Å². The third-order valence-corrected chi connectivity index (χ3v) is 6.20. The number of pyridine rings is 2. The van der Waals surface area contributed by atoms with Crippen molar-refractivity contribution in [3.05, 3.63) is 80.7 Å². The van der Waals surface area contributed by atoms with Crippen molar-refractivity contribution < 1.29 is 4.74 Å². The first-order valence-corrected chi connectivity index (χ1v) is 10.1. The van der Waals surface area contributed by atoms with E-state index in [4.69, 9.17) is 16.3 Å². The molecule has 0 aliphatic carbocycles. The number of halogens is 1. The molecule has 0 saturated carbocycles. The van der Waals surface area contributed by atoms with E-state index in [1.165, 1.54) is 24.6 Å². The number of hydrogen-bond acceptors (Lipinski definition) is 6. The Morgan fingerprint density at radius 3 is 2.77 bits per heavy atom. The third kappa shape index (κ3) is 2.89. The lowest BCUT2D eigenvalue weighted by Crippen LogP contribution is -2.33. The molecule has 5 rings (SSSR count).